The summed E-state index contributed by atoms with van der Waals surface area (Å²) in [5.74, 6) is 0.773. The third-order valence-corrected chi connectivity index (χ3v) is 4.57. The minimum Gasteiger partial charge on any atom is -0.497 e. The van der Waals surface area contributed by atoms with Crippen molar-refractivity contribution in [2.45, 2.75) is 26.2 Å². The van der Waals surface area contributed by atoms with Gasteiger partial charge in [0.25, 0.3) is 5.91 Å². The molecule has 0 unspecified atom stereocenters. The number of nitrogens with one attached hydrogen (secondary N) is 1. The molecule has 6 nitrogen and oxygen atoms in total. The molecule has 0 heterocycles. The van der Waals surface area contributed by atoms with Crippen LogP contribution >= 0.6 is 0 Å². The fraction of sp³-hybridized carbons (Fsp3) is 0.333. The molecule has 2 rings (SSSR count). The zero-order valence-electron chi connectivity index (χ0n) is 17.9. The van der Waals surface area contributed by atoms with Crippen molar-refractivity contribution in [2.75, 3.05) is 27.4 Å². The zero-order chi connectivity index (χ0) is 21.9. The van der Waals surface area contributed by atoms with Crippen molar-refractivity contribution < 1.29 is 23.8 Å². The number of methoxy groups -OCH3 is 2. The fourth-order valence-electron chi connectivity index (χ4n) is 2.77. The quantitative estimate of drug-likeness (QED) is 0.476. The van der Waals surface area contributed by atoms with E-state index >= 15 is 0 Å². The van der Waals surface area contributed by atoms with Crippen molar-refractivity contribution >= 4 is 18.0 Å². The number of hydrogen-bond acceptors (Lipinski definition) is 5. The lowest BCUT2D eigenvalue weighted by Gasteiger charge is -2.08. The minimum atomic E-state index is -0.604. The molecule has 0 fully saturated rings. The van der Waals surface area contributed by atoms with E-state index < -0.39 is 5.97 Å². The summed E-state index contributed by atoms with van der Waals surface area (Å²) in [5, 5.41) is 2.75. The third kappa shape index (κ3) is 7.28. The van der Waals surface area contributed by atoms with Gasteiger partial charge in [0.1, 0.15) is 11.5 Å². The van der Waals surface area contributed by atoms with Gasteiger partial charge in [0.05, 0.1) is 14.2 Å². The highest BCUT2D eigenvalue weighted by Gasteiger charge is 2.07. The van der Waals surface area contributed by atoms with E-state index in [4.69, 9.17) is 14.2 Å². The molecular formula is C24H29NO5. The molecule has 1 N–H and O–H groups in total. The van der Waals surface area contributed by atoms with Crippen molar-refractivity contribution in [1.29, 1.82) is 0 Å². The number of benzene rings is 2. The molecule has 0 saturated carbocycles. The van der Waals surface area contributed by atoms with Crippen LogP contribution in [-0.4, -0.2) is 39.2 Å². The molecule has 0 atom stereocenters. The first-order valence-electron chi connectivity index (χ1n) is 9.85. The van der Waals surface area contributed by atoms with Crippen LogP contribution in [0.15, 0.2) is 48.5 Å². The molecule has 0 aliphatic carbocycles. The zero-order valence-corrected chi connectivity index (χ0v) is 17.9. The van der Waals surface area contributed by atoms with Gasteiger partial charge >= 0.3 is 5.97 Å². The predicted octanol–water partition coefficient (Wildman–Crippen LogP) is 3.74. The van der Waals surface area contributed by atoms with Gasteiger partial charge < -0.3 is 19.5 Å². The van der Waals surface area contributed by atoms with Crippen LogP contribution in [0.4, 0.5) is 0 Å². The summed E-state index contributed by atoms with van der Waals surface area (Å²) in [6.45, 7) is 4.46. The van der Waals surface area contributed by atoms with Gasteiger partial charge in [-0.05, 0) is 41.7 Å². The monoisotopic (exact) mass is 411 g/mol. The van der Waals surface area contributed by atoms with Crippen molar-refractivity contribution in [3.63, 3.8) is 0 Å². The SMILES string of the molecule is COc1ccc(/C=C/C(=O)OCC(=O)NCCc2ccc(C(C)C)cc2)c(OC)c1. The molecule has 2 aromatic rings. The summed E-state index contributed by atoms with van der Waals surface area (Å²) in [4.78, 5) is 23.8. The normalized spacial score (nSPS) is 10.8. The fourth-order valence-corrected chi connectivity index (χ4v) is 2.77. The van der Waals surface area contributed by atoms with Crippen molar-refractivity contribution in [3.05, 3.63) is 65.2 Å². The number of hydrogen-bond donors (Lipinski definition) is 1. The van der Waals surface area contributed by atoms with E-state index in [-0.39, 0.29) is 12.5 Å². The Balaban J connectivity index is 1.74. The average molecular weight is 411 g/mol. The average Bonchev–Trinajstić information content (AvgIpc) is 2.76. The highest BCUT2D eigenvalue weighted by atomic mass is 16.5. The summed E-state index contributed by atoms with van der Waals surface area (Å²) in [7, 11) is 3.10. The minimum absolute atomic E-state index is 0.324. The maximum atomic E-state index is 11.9. The lowest BCUT2D eigenvalue weighted by molar-refractivity contribution is -0.143. The van der Waals surface area contributed by atoms with Gasteiger partial charge in [0.2, 0.25) is 0 Å². The van der Waals surface area contributed by atoms with Gasteiger partial charge in [-0.2, -0.15) is 0 Å². The Hall–Kier alpha value is -3.28. The molecule has 30 heavy (non-hydrogen) atoms. The van der Waals surface area contributed by atoms with Gasteiger partial charge in [-0.3, -0.25) is 4.79 Å². The smallest absolute Gasteiger partial charge is 0.331 e. The number of amides is 1. The number of carbonyl (C=O) groups excluding carboxylic acids is 2. The van der Waals surface area contributed by atoms with E-state index in [1.54, 1.807) is 31.4 Å². The van der Waals surface area contributed by atoms with Crippen LogP contribution in [0.2, 0.25) is 0 Å². The molecule has 6 heteroatoms. The Morgan fingerprint density at radius 3 is 2.40 bits per heavy atom. The Morgan fingerprint density at radius 1 is 1.03 bits per heavy atom. The standard InChI is InChI=1S/C24H29NO5/c1-17(2)19-7-5-18(6-8-19)13-14-25-23(26)16-30-24(27)12-10-20-9-11-21(28-3)15-22(20)29-4/h5-12,15,17H,13-14,16H2,1-4H3,(H,25,26)/b12-10+. The number of carbonyl (C=O) groups is 2. The largest absolute Gasteiger partial charge is 0.497 e. The summed E-state index contributed by atoms with van der Waals surface area (Å²) >= 11 is 0. The third-order valence-electron chi connectivity index (χ3n) is 4.57. The Kier molecular flexibility index (Phi) is 8.94. The van der Waals surface area contributed by atoms with E-state index in [9.17, 15) is 9.59 Å². The van der Waals surface area contributed by atoms with Crippen LogP contribution in [0.1, 0.15) is 36.5 Å². The molecule has 1 amide bonds. The summed E-state index contributed by atoms with van der Waals surface area (Å²) in [5.41, 5.74) is 3.13. The van der Waals surface area contributed by atoms with Gasteiger partial charge in [-0.15, -0.1) is 0 Å². The second-order valence-electron chi connectivity index (χ2n) is 7.05. The molecular weight excluding hydrogens is 382 g/mol. The molecule has 0 bridgehead atoms. The maximum absolute atomic E-state index is 11.9. The van der Waals surface area contributed by atoms with Crippen LogP contribution in [0.3, 0.4) is 0 Å². The topological polar surface area (TPSA) is 73.9 Å². The van der Waals surface area contributed by atoms with E-state index in [1.807, 2.05) is 0 Å². The van der Waals surface area contributed by atoms with E-state index in [1.165, 1.54) is 18.7 Å². The van der Waals surface area contributed by atoms with Crippen LogP contribution in [0.25, 0.3) is 6.08 Å². The number of rotatable bonds is 10. The maximum Gasteiger partial charge on any atom is 0.331 e. The first-order valence-corrected chi connectivity index (χ1v) is 9.85. The lowest BCUT2D eigenvalue weighted by Crippen LogP contribution is -2.30. The van der Waals surface area contributed by atoms with Crippen LogP contribution in [-0.2, 0) is 20.7 Å². The van der Waals surface area contributed by atoms with Crippen molar-refractivity contribution in [3.8, 4) is 11.5 Å². The molecule has 0 spiro atoms. The van der Waals surface area contributed by atoms with E-state index in [0.717, 1.165) is 12.0 Å². The highest BCUT2D eigenvalue weighted by molar-refractivity contribution is 5.89. The van der Waals surface area contributed by atoms with Gasteiger partial charge in [-0.25, -0.2) is 4.79 Å². The Labute approximate surface area is 177 Å². The highest BCUT2D eigenvalue weighted by Crippen LogP contribution is 2.25. The molecule has 0 saturated heterocycles. The first-order chi connectivity index (χ1) is 14.4. The van der Waals surface area contributed by atoms with Crippen LogP contribution < -0.4 is 14.8 Å². The molecule has 0 aromatic heterocycles. The summed E-state index contributed by atoms with van der Waals surface area (Å²) < 4.78 is 15.4. The summed E-state index contributed by atoms with van der Waals surface area (Å²) in [6, 6.07) is 13.6. The molecule has 0 radical (unpaired) electrons. The lowest BCUT2D eigenvalue weighted by atomic mass is 10.0. The molecule has 2 aromatic carbocycles. The predicted molar refractivity (Wildman–Crippen MR) is 117 cm³/mol. The second-order valence-corrected chi connectivity index (χ2v) is 7.05. The van der Waals surface area contributed by atoms with Gasteiger partial charge in [0, 0.05) is 24.3 Å². The Bertz CT molecular complexity index is 872. The van der Waals surface area contributed by atoms with Gasteiger partial charge in [0.15, 0.2) is 6.61 Å². The van der Waals surface area contributed by atoms with Gasteiger partial charge in [-0.1, -0.05) is 38.1 Å². The van der Waals surface area contributed by atoms with Crippen molar-refractivity contribution in [1.82, 2.24) is 5.32 Å². The number of ether oxygens (including phenoxy) is 3. The molecule has 0 aliphatic heterocycles. The molecule has 160 valence electrons. The van der Waals surface area contributed by atoms with Crippen molar-refractivity contribution in [2.24, 2.45) is 0 Å². The molecule has 0 aliphatic rings. The first kappa shape index (κ1) is 23.0. The van der Waals surface area contributed by atoms with E-state index in [2.05, 4.69) is 43.4 Å². The van der Waals surface area contributed by atoms with Crippen LogP contribution in [0.5, 0.6) is 11.5 Å². The van der Waals surface area contributed by atoms with Crippen LogP contribution in [0, 0.1) is 0 Å². The Morgan fingerprint density at radius 2 is 1.77 bits per heavy atom. The summed E-state index contributed by atoms with van der Waals surface area (Å²) in [6.07, 6.45) is 3.54. The number of esters is 1. The second kappa shape index (κ2) is 11.7. The van der Waals surface area contributed by atoms with E-state index in [0.29, 0.717) is 29.5 Å².